The number of urea groups is 1. The highest BCUT2D eigenvalue weighted by molar-refractivity contribution is 5.97. The number of anilines is 1. The maximum Gasteiger partial charge on any atom is 0.315 e. The summed E-state index contributed by atoms with van der Waals surface area (Å²) in [5, 5.41) is 8.40. The van der Waals surface area contributed by atoms with Crippen LogP contribution in [-0.4, -0.2) is 31.2 Å². The van der Waals surface area contributed by atoms with E-state index >= 15 is 0 Å². The zero-order valence-corrected chi connectivity index (χ0v) is 16.7. The van der Waals surface area contributed by atoms with Crippen LogP contribution in [0.5, 0.6) is 11.5 Å². The summed E-state index contributed by atoms with van der Waals surface area (Å²) >= 11 is 0. The number of carbonyl (C=O) groups is 2. The molecular weight excluding hydrogens is 370 g/mol. The number of ether oxygens (including phenoxy) is 2. The molecule has 0 aromatic heterocycles. The summed E-state index contributed by atoms with van der Waals surface area (Å²) in [6, 6.07) is 13.8. The van der Waals surface area contributed by atoms with E-state index in [9.17, 15) is 9.59 Å². The highest BCUT2D eigenvalue weighted by Gasteiger charge is 2.24. The van der Waals surface area contributed by atoms with Gasteiger partial charge < -0.3 is 25.4 Å². The molecule has 0 spiro atoms. The molecule has 0 saturated carbocycles. The van der Waals surface area contributed by atoms with Crippen LogP contribution in [0.2, 0.25) is 0 Å². The molecular formula is C22H27N3O4. The van der Waals surface area contributed by atoms with Crippen molar-refractivity contribution in [2.45, 2.75) is 32.9 Å². The van der Waals surface area contributed by atoms with Crippen molar-refractivity contribution in [1.29, 1.82) is 0 Å². The quantitative estimate of drug-likeness (QED) is 0.698. The summed E-state index contributed by atoms with van der Waals surface area (Å²) in [5.74, 6) is 0.900. The minimum Gasteiger partial charge on any atom is -0.490 e. The fraction of sp³-hybridized carbons (Fsp3) is 0.364. The lowest BCUT2D eigenvalue weighted by molar-refractivity contribution is -0.118. The minimum absolute atomic E-state index is 0.0853. The first kappa shape index (κ1) is 20.5. The molecule has 0 aliphatic carbocycles. The number of rotatable bonds is 6. The van der Waals surface area contributed by atoms with Crippen LogP contribution in [0.15, 0.2) is 48.5 Å². The summed E-state index contributed by atoms with van der Waals surface area (Å²) in [6.07, 6.45) is 0.813. The van der Waals surface area contributed by atoms with Crippen molar-refractivity contribution in [3.63, 3.8) is 0 Å². The van der Waals surface area contributed by atoms with Crippen molar-refractivity contribution < 1.29 is 19.1 Å². The van der Waals surface area contributed by atoms with Crippen molar-refractivity contribution in [2.24, 2.45) is 5.92 Å². The molecule has 3 amide bonds. The van der Waals surface area contributed by atoms with Crippen LogP contribution in [0.4, 0.5) is 10.5 Å². The molecule has 1 aliphatic heterocycles. The van der Waals surface area contributed by atoms with Crippen LogP contribution in [-0.2, 0) is 11.3 Å². The van der Waals surface area contributed by atoms with Gasteiger partial charge in [-0.05, 0) is 23.6 Å². The third-order valence-corrected chi connectivity index (χ3v) is 4.55. The number of fused-ring (bicyclic) bond motifs is 1. The molecule has 0 unspecified atom stereocenters. The van der Waals surface area contributed by atoms with Gasteiger partial charge in [0, 0.05) is 24.7 Å². The Kier molecular flexibility index (Phi) is 6.94. The van der Waals surface area contributed by atoms with Crippen LogP contribution >= 0.6 is 0 Å². The second-order valence-corrected chi connectivity index (χ2v) is 7.24. The average molecular weight is 397 g/mol. The fourth-order valence-electron chi connectivity index (χ4n) is 2.97. The molecule has 1 heterocycles. The SMILES string of the molecule is CC(C)[C@@H](NC(=O)NCc1ccccc1)C(=O)Nc1ccc2c(c1)OCCCO2. The Hall–Kier alpha value is -3.22. The van der Waals surface area contributed by atoms with Crippen molar-refractivity contribution in [3.05, 3.63) is 54.1 Å². The molecule has 0 fully saturated rings. The predicted octanol–water partition coefficient (Wildman–Crippen LogP) is 3.31. The molecule has 3 N–H and O–H groups in total. The Morgan fingerprint density at radius 2 is 1.72 bits per heavy atom. The lowest BCUT2D eigenvalue weighted by Crippen LogP contribution is -2.50. The Bertz CT molecular complexity index is 839. The molecule has 7 heteroatoms. The van der Waals surface area contributed by atoms with Crippen molar-refractivity contribution in [3.8, 4) is 11.5 Å². The number of hydrogen-bond acceptors (Lipinski definition) is 4. The Morgan fingerprint density at radius 1 is 1.00 bits per heavy atom. The molecule has 0 radical (unpaired) electrons. The highest BCUT2D eigenvalue weighted by atomic mass is 16.5. The van der Waals surface area contributed by atoms with Crippen LogP contribution in [0, 0.1) is 5.92 Å². The van der Waals surface area contributed by atoms with E-state index in [1.54, 1.807) is 18.2 Å². The van der Waals surface area contributed by atoms with Gasteiger partial charge in [0.15, 0.2) is 11.5 Å². The van der Waals surface area contributed by atoms with E-state index in [1.165, 1.54) is 0 Å². The molecule has 7 nitrogen and oxygen atoms in total. The molecule has 154 valence electrons. The zero-order chi connectivity index (χ0) is 20.6. The van der Waals surface area contributed by atoms with E-state index in [0.29, 0.717) is 36.9 Å². The van der Waals surface area contributed by atoms with Gasteiger partial charge in [-0.3, -0.25) is 4.79 Å². The van der Waals surface area contributed by atoms with Crippen molar-refractivity contribution in [1.82, 2.24) is 10.6 Å². The molecule has 3 rings (SSSR count). The van der Waals surface area contributed by atoms with Gasteiger partial charge in [-0.25, -0.2) is 4.79 Å². The maximum atomic E-state index is 12.8. The number of carbonyl (C=O) groups excluding carboxylic acids is 2. The molecule has 1 atom stereocenters. The van der Waals surface area contributed by atoms with Crippen LogP contribution in [0.3, 0.4) is 0 Å². The lowest BCUT2D eigenvalue weighted by atomic mass is 10.0. The summed E-state index contributed by atoms with van der Waals surface area (Å²) in [6.45, 7) is 5.34. The fourth-order valence-corrected chi connectivity index (χ4v) is 2.97. The number of nitrogens with one attached hydrogen (secondary N) is 3. The third kappa shape index (κ3) is 5.88. The van der Waals surface area contributed by atoms with Crippen LogP contribution in [0.25, 0.3) is 0 Å². The molecule has 2 aromatic rings. The minimum atomic E-state index is -0.679. The third-order valence-electron chi connectivity index (χ3n) is 4.55. The van der Waals surface area contributed by atoms with Gasteiger partial charge >= 0.3 is 6.03 Å². The maximum absolute atomic E-state index is 12.8. The van der Waals surface area contributed by atoms with Gasteiger partial charge in [-0.2, -0.15) is 0 Å². The van der Waals surface area contributed by atoms with Crippen LogP contribution < -0.4 is 25.4 Å². The normalized spacial score (nSPS) is 13.9. The van der Waals surface area contributed by atoms with E-state index in [4.69, 9.17) is 9.47 Å². The molecule has 0 bridgehead atoms. The van der Waals surface area contributed by atoms with E-state index < -0.39 is 6.04 Å². The van der Waals surface area contributed by atoms with Gasteiger partial charge in [0.05, 0.1) is 13.2 Å². The van der Waals surface area contributed by atoms with Gasteiger partial charge in [-0.15, -0.1) is 0 Å². The van der Waals surface area contributed by atoms with Gasteiger partial charge in [0.1, 0.15) is 6.04 Å². The summed E-state index contributed by atoms with van der Waals surface area (Å²) in [5.41, 5.74) is 1.58. The van der Waals surface area contributed by atoms with Crippen molar-refractivity contribution in [2.75, 3.05) is 18.5 Å². The number of benzene rings is 2. The van der Waals surface area contributed by atoms with Gasteiger partial charge in [0.25, 0.3) is 0 Å². The Balaban J connectivity index is 1.59. The number of amides is 3. The van der Waals surface area contributed by atoms with E-state index in [0.717, 1.165) is 12.0 Å². The Morgan fingerprint density at radius 3 is 2.45 bits per heavy atom. The first-order valence-corrected chi connectivity index (χ1v) is 9.82. The average Bonchev–Trinajstić information content (AvgIpc) is 2.96. The predicted molar refractivity (Wildman–Crippen MR) is 111 cm³/mol. The van der Waals surface area contributed by atoms with Crippen LogP contribution in [0.1, 0.15) is 25.8 Å². The standard InChI is InChI=1S/C22H27N3O4/c1-15(2)20(25-22(27)23-14-16-7-4-3-5-8-16)21(26)24-17-9-10-18-19(13-17)29-12-6-11-28-18/h3-5,7-10,13,15,20H,6,11-12,14H2,1-2H3,(H,24,26)(H2,23,25,27)/t20-/m1/s1. The molecule has 0 saturated heterocycles. The first-order valence-electron chi connectivity index (χ1n) is 9.82. The summed E-state index contributed by atoms with van der Waals surface area (Å²) in [7, 11) is 0. The second-order valence-electron chi connectivity index (χ2n) is 7.24. The molecule has 2 aromatic carbocycles. The largest absolute Gasteiger partial charge is 0.490 e. The zero-order valence-electron chi connectivity index (χ0n) is 16.7. The summed E-state index contributed by atoms with van der Waals surface area (Å²) < 4.78 is 11.3. The Labute approximate surface area is 170 Å². The first-order chi connectivity index (χ1) is 14.0. The van der Waals surface area contributed by atoms with E-state index in [2.05, 4.69) is 16.0 Å². The highest BCUT2D eigenvalue weighted by Crippen LogP contribution is 2.32. The molecule has 1 aliphatic rings. The van der Waals surface area contributed by atoms with Crippen molar-refractivity contribution >= 4 is 17.6 Å². The summed E-state index contributed by atoms with van der Waals surface area (Å²) in [4.78, 5) is 25.1. The van der Waals surface area contributed by atoms with Gasteiger partial charge in [-0.1, -0.05) is 44.2 Å². The molecule has 29 heavy (non-hydrogen) atoms. The monoisotopic (exact) mass is 397 g/mol. The van der Waals surface area contributed by atoms with E-state index in [-0.39, 0.29) is 17.9 Å². The second kappa shape index (κ2) is 9.82. The number of hydrogen-bond donors (Lipinski definition) is 3. The smallest absolute Gasteiger partial charge is 0.315 e. The topological polar surface area (TPSA) is 88.7 Å². The van der Waals surface area contributed by atoms with E-state index in [1.807, 2.05) is 44.2 Å². The lowest BCUT2D eigenvalue weighted by Gasteiger charge is -2.22. The van der Waals surface area contributed by atoms with Gasteiger partial charge in [0.2, 0.25) is 5.91 Å².